The van der Waals surface area contributed by atoms with Gasteiger partial charge in [-0.2, -0.15) is 0 Å². The molecule has 0 radical (unpaired) electrons. The molecule has 1 saturated heterocycles. The topological polar surface area (TPSA) is 172 Å². The number of esters is 1. The molecule has 0 unspecified atom stereocenters. The fraction of sp³-hybridized carbons (Fsp3) is 0.657. The van der Waals surface area contributed by atoms with E-state index >= 15 is 0 Å². The standard InChI is InChI=1S/C35H55N5O7/c1-8-9-13-23(6)29-19-30(41)36-20-31(42)38-26(16-21(2)3)34(45)39-27(17-22(4)5)33(44)37-24(7)32(43)40-28(35(46)47-29)18-25-14-11-10-12-15-25/h10-12,14-15,21-24,26-29H,8-9,13,16-20H2,1-7H3,(H,36,41)(H,37,44)(H,38,42)(H,39,45)(H,40,43)/t23-,24-,26+,27+,28-,29-/m0/s1. The van der Waals surface area contributed by atoms with Crippen LogP contribution in [-0.4, -0.2) is 72.3 Å². The van der Waals surface area contributed by atoms with E-state index in [4.69, 9.17) is 4.74 Å². The average Bonchev–Trinajstić information content (AvgIpc) is 3.00. The Hall–Kier alpha value is -3.96. The van der Waals surface area contributed by atoms with Gasteiger partial charge in [-0.3, -0.25) is 24.0 Å². The normalized spacial score (nSPS) is 24.9. The predicted octanol–water partition coefficient (Wildman–Crippen LogP) is 2.54. The lowest BCUT2D eigenvalue weighted by atomic mass is 9.95. The molecule has 1 fully saturated rings. The number of amides is 5. The van der Waals surface area contributed by atoms with E-state index in [2.05, 4.69) is 26.6 Å². The van der Waals surface area contributed by atoms with Crippen LogP contribution in [-0.2, 0) is 39.9 Å². The number of ether oxygens (including phenoxy) is 1. The molecule has 0 aliphatic carbocycles. The Morgan fingerprint density at radius 1 is 0.745 bits per heavy atom. The second kappa shape index (κ2) is 19.6. The van der Waals surface area contributed by atoms with Gasteiger partial charge in [-0.15, -0.1) is 0 Å². The molecular formula is C35H55N5O7. The first-order chi connectivity index (χ1) is 22.2. The number of hydrogen-bond acceptors (Lipinski definition) is 7. The van der Waals surface area contributed by atoms with Crippen molar-refractivity contribution in [2.75, 3.05) is 6.54 Å². The van der Waals surface area contributed by atoms with Gasteiger partial charge in [-0.25, -0.2) is 4.79 Å². The third-order valence-electron chi connectivity index (χ3n) is 8.08. The molecule has 262 valence electrons. The Kier molecular flexibility index (Phi) is 16.4. The van der Waals surface area contributed by atoms with E-state index in [1.165, 1.54) is 6.92 Å². The van der Waals surface area contributed by atoms with E-state index in [0.717, 1.165) is 18.4 Å². The number of hydrogen-bond donors (Lipinski definition) is 5. The molecule has 1 aliphatic rings. The van der Waals surface area contributed by atoms with Crippen molar-refractivity contribution in [3.05, 3.63) is 35.9 Å². The highest BCUT2D eigenvalue weighted by molar-refractivity contribution is 5.95. The third kappa shape index (κ3) is 14.1. The number of cyclic esters (lactones) is 1. The van der Waals surface area contributed by atoms with Gasteiger partial charge >= 0.3 is 5.97 Å². The molecule has 1 aliphatic heterocycles. The lowest BCUT2D eigenvalue weighted by molar-refractivity contribution is -0.157. The average molecular weight is 658 g/mol. The summed E-state index contributed by atoms with van der Waals surface area (Å²) in [6.07, 6.45) is 2.18. The molecule has 0 spiro atoms. The van der Waals surface area contributed by atoms with Crippen LogP contribution < -0.4 is 26.6 Å². The molecule has 12 heteroatoms. The van der Waals surface area contributed by atoms with Crippen molar-refractivity contribution in [3.8, 4) is 0 Å². The first kappa shape index (κ1) is 39.2. The molecular weight excluding hydrogens is 602 g/mol. The molecule has 1 aromatic rings. The van der Waals surface area contributed by atoms with Gasteiger partial charge in [0.05, 0.1) is 13.0 Å². The van der Waals surface area contributed by atoms with Crippen LogP contribution in [0, 0.1) is 17.8 Å². The summed E-state index contributed by atoms with van der Waals surface area (Å²) in [6.45, 7) is 12.7. The Labute approximate surface area is 279 Å². The number of nitrogens with one attached hydrogen (secondary N) is 5. The number of carbonyl (C=O) groups is 6. The van der Waals surface area contributed by atoms with Crippen LogP contribution in [0.2, 0.25) is 0 Å². The third-order valence-corrected chi connectivity index (χ3v) is 8.08. The summed E-state index contributed by atoms with van der Waals surface area (Å²) in [5.41, 5.74) is 0.778. The fourth-order valence-electron chi connectivity index (χ4n) is 5.38. The second-order valence-corrected chi connectivity index (χ2v) is 13.5. The Morgan fingerprint density at radius 3 is 1.91 bits per heavy atom. The van der Waals surface area contributed by atoms with E-state index < -0.39 is 65.8 Å². The highest BCUT2D eigenvalue weighted by Crippen LogP contribution is 2.20. The summed E-state index contributed by atoms with van der Waals surface area (Å²) in [7, 11) is 0. The minimum Gasteiger partial charge on any atom is -0.460 e. The van der Waals surface area contributed by atoms with Gasteiger partial charge in [0.15, 0.2) is 0 Å². The predicted molar refractivity (Wildman–Crippen MR) is 179 cm³/mol. The van der Waals surface area contributed by atoms with E-state index in [9.17, 15) is 28.8 Å². The smallest absolute Gasteiger partial charge is 0.329 e. The van der Waals surface area contributed by atoms with Gasteiger partial charge in [-0.1, -0.05) is 84.7 Å². The highest BCUT2D eigenvalue weighted by Gasteiger charge is 2.33. The second-order valence-electron chi connectivity index (χ2n) is 13.5. The number of rotatable bonds is 10. The Morgan fingerprint density at radius 2 is 1.32 bits per heavy atom. The van der Waals surface area contributed by atoms with Crippen molar-refractivity contribution in [3.63, 3.8) is 0 Å². The zero-order valence-corrected chi connectivity index (χ0v) is 29.0. The van der Waals surface area contributed by atoms with Crippen molar-refractivity contribution in [1.82, 2.24) is 26.6 Å². The maximum Gasteiger partial charge on any atom is 0.329 e. The molecule has 1 heterocycles. The molecule has 5 amide bonds. The monoisotopic (exact) mass is 657 g/mol. The Balaban J connectivity index is 2.47. The van der Waals surface area contributed by atoms with Crippen molar-refractivity contribution < 1.29 is 33.5 Å². The first-order valence-electron chi connectivity index (χ1n) is 16.9. The van der Waals surface area contributed by atoms with Crippen molar-refractivity contribution in [2.24, 2.45) is 17.8 Å². The quantitative estimate of drug-likeness (QED) is 0.241. The van der Waals surface area contributed by atoms with E-state index in [0.29, 0.717) is 12.8 Å². The van der Waals surface area contributed by atoms with Crippen LogP contribution in [0.5, 0.6) is 0 Å². The maximum atomic E-state index is 13.7. The zero-order valence-electron chi connectivity index (χ0n) is 29.0. The molecule has 2 rings (SSSR count). The zero-order chi connectivity index (χ0) is 35.1. The van der Waals surface area contributed by atoms with Gasteiger partial charge in [0, 0.05) is 6.42 Å². The lowest BCUT2D eigenvalue weighted by Gasteiger charge is -2.27. The van der Waals surface area contributed by atoms with Crippen LogP contribution in [0.3, 0.4) is 0 Å². The molecule has 47 heavy (non-hydrogen) atoms. The van der Waals surface area contributed by atoms with E-state index in [1.807, 2.05) is 71.9 Å². The van der Waals surface area contributed by atoms with Crippen molar-refractivity contribution in [1.29, 1.82) is 0 Å². The molecule has 0 aromatic heterocycles. The van der Waals surface area contributed by atoms with Gasteiger partial charge in [0.25, 0.3) is 0 Å². The summed E-state index contributed by atoms with van der Waals surface area (Å²) in [6, 6.07) is 5.02. The largest absolute Gasteiger partial charge is 0.460 e. The van der Waals surface area contributed by atoms with Crippen LogP contribution in [0.4, 0.5) is 0 Å². The number of unbranched alkanes of at least 4 members (excludes halogenated alkanes) is 1. The van der Waals surface area contributed by atoms with Crippen molar-refractivity contribution in [2.45, 2.75) is 124 Å². The van der Waals surface area contributed by atoms with E-state index in [1.54, 1.807) is 0 Å². The van der Waals surface area contributed by atoms with Gasteiger partial charge in [0.2, 0.25) is 29.5 Å². The molecule has 5 N–H and O–H groups in total. The van der Waals surface area contributed by atoms with Crippen LogP contribution in [0.25, 0.3) is 0 Å². The molecule has 1 aromatic carbocycles. The summed E-state index contributed by atoms with van der Waals surface area (Å²) in [4.78, 5) is 79.9. The highest BCUT2D eigenvalue weighted by atomic mass is 16.5. The van der Waals surface area contributed by atoms with Crippen LogP contribution in [0.1, 0.15) is 92.6 Å². The fourth-order valence-corrected chi connectivity index (χ4v) is 5.38. The maximum absolute atomic E-state index is 13.7. The molecule has 12 nitrogen and oxygen atoms in total. The minimum atomic E-state index is -1.11. The summed E-state index contributed by atoms with van der Waals surface area (Å²) in [5.74, 6) is -3.62. The summed E-state index contributed by atoms with van der Waals surface area (Å²) < 4.78 is 5.94. The van der Waals surface area contributed by atoms with Crippen LogP contribution in [0.15, 0.2) is 30.3 Å². The van der Waals surface area contributed by atoms with E-state index in [-0.39, 0.29) is 43.6 Å². The molecule has 6 atom stereocenters. The minimum absolute atomic E-state index is 0.0165. The van der Waals surface area contributed by atoms with Crippen molar-refractivity contribution >= 4 is 35.5 Å². The number of carbonyl (C=O) groups excluding carboxylic acids is 6. The summed E-state index contributed by atoms with van der Waals surface area (Å²) in [5, 5.41) is 13.5. The van der Waals surface area contributed by atoms with Gasteiger partial charge in [-0.05, 0) is 49.5 Å². The van der Waals surface area contributed by atoms with Crippen LogP contribution >= 0.6 is 0 Å². The Bertz CT molecular complexity index is 1210. The molecule has 0 saturated carbocycles. The summed E-state index contributed by atoms with van der Waals surface area (Å²) >= 11 is 0. The van der Waals surface area contributed by atoms with Gasteiger partial charge in [0.1, 0.15) is 30.3 Å². The number of benzene rings is 1. The molecule has 0 bridgehead atoms. The lowest BCUT2D eigenvalue weighted by Crippen LogP contribution is -2.58. The van der Waals surface area contributed by atoms with Gasteiger partial charge < -0.3 is 31.3 Å². The SMILES string of the molecule is CCCC[C@H](C)[C@@H]1CC(=O)NCC(=O)N[C@H](CC(C)C)C(=O)N[C@H](CC(C)C)C(=O)N[C@@H](C)C(=O)N[C@@H](Cc2ccccc2)C(=O)O1. The first-order valence-corrected chi connectivity index (χ1v) is 16.9.